The predicted octanol–water partition coefficient (Wildman–Crippen LogP) is 5.52. The third-order valence-electron chi connectivity index (χ3n) is 0. The van der Waals surface area contributed by atoms with Crippen LogP contribution in [-0.2, 0) is 0 Å². The standard InChI is InChI=1S/3C3H8.2CH4/c3*1-3-2;;/h3*3H2,1-2H3;2*1H4. The fourth-order valence-corrected chi connectivity index (χ4v) is 0. The first-order chi connectivity index (χ1) is 4.24. The second-order valence-corrected chi connectivity index (χ2v) is 2.12. The summed E-state index contributed by atoms with van der Waals surface area (Å²) >= 11 is 0. The minimum Gasteiger partial charge on any atom is -0.0776 e. The van der Waals surface area contributed by atoms with Crippen LogP contribution in [0.25, 0.3) is 0 Å². The van der Waals surface area contributed by atoms with E-state index < -0.39 is 0 Å². The fourth-order valence-electron chi connectivity index (χ4n) is 0. The Hall–Kier alpha value is 0. The molecule has 0 aromatic carbocycles. The van der Waals surface area contributed by atoms with Crippen LogP contribution in [0.4, 0.5) is 0 Å². The summed E-state index contributed by atoms with van der Waals surface area (Å²) in [6, 6.07) is 0. The zero-order chi connectivity index (χ0) is 8.12. The van der Waals surface area contributed by atoms with E-state index in [1.54, 1.807) is 0 Å². The van der Waals surface area contributed by atoms with Gasteiger partial charge in [-0.2, -0.15) is 0 Å². The van der Waals surface area contributed by atoms with E-state index >= 15 is 0 Å². The maximum absolute atomic E-state index is 2.12. The summed E-state index contributed by atoms with van der Waals surface area (Å²) in [5.41, 5.74) is 0. The average molecular weight is 164 g/mol. The lowest BCUT2D eigenvalue weighted by atomic mass is 10.6. The highest BCUT2D eigenvalue weighted by molar-refractivity contribution is 3.92. The van der Waals surface area contributed by atoms with Gasteiger partial charge < -0.3 is 0 Å². The SMILES string of the molecule is C.C.CCC.CCC.CCC. The van der Waals surface area contributed by atoms with Gasteiger partial charge in [0.1, 0.15) is 0 Å². The molecule has 0 N–H and O–H groups in total. The van der Waals surface area contributed by atoms with Crippen LogP contribution in [0.3, 0.4) is 0 Å². The molecule has 0 amide bonds. The van der Waals surface area contributed by atoms with E-state index in [9.17, 15) is 0 Å². The third-order valence-corrected chi connectivity index (χ3v) is 0. The maximum Gasteiger partial charge on any atom is -0.0590 e. The molecule has 0 heteroatoms. The molecule has 0 aliphatic carbocycles. The van der Waals surface area contributed by atoms with Gasteiger partial charge in [-0.05, 0) is 0 Å². The van der Waals surface area contributed by atoms with E-state index in [0.29, 0.717) is 0 Å². The van der Waals surface area contributed by atoms with Crippen molar-refractivity contribution in [1.29, 1.82) is 0 Å². The number of hydrogen-bond donors (Lipinski definition) is 0. The summed E-state index contributed by atoms with van der Waals surface area (Å²) in [6.45, 7) is 12.8. The Bertz CT molecular complexity index is 4.75. The molecule has 0 saturated carbocycles. The van der Waals surface area contributed by atoms with Crippen molar-refractivity contribution in [2.24, 2.45) is 0 Å². The molecule has 0 heterocycles. The summed E-state index contributed by atoms with van der Waals surface area (Å²) in [7, 11) is 0. The molecule has 0 spiro atoms. The van der Waals surface area contributed by atoms with Gasteiger partial charge in [-0.3, -0.25) is 0 Å². The maximum atomic E-state index is 2.12. The monoisotopic (exact) mass is 164 g/mol. The molecular formula is C11H32. The van der Waals surface area contributed by atoms with Crippen molar-refractivity contribution in [2.45, 2.75) is 75.7 Å². The van der Waals surface area contributed by atoms with Gasteiger partial charge in [-0.15, -0.1) is 0 Å². The van der Waals surface area contributed by atoms with Gasteiger partial charge in [-0.25, -0.2) is 0 Å². The van der Waals surface area contributed by atoms with Crippen LogP contribution in [-0.4, -0.2) is 0 Å². The summed E-state index contributed by atoms with van der Waals surface area (Å²) in [6.07, 6.45) is 3.75. The Morgan fingerprint density at radius 3 is 0.455 bits per heavy atom. The topological polar surface area (TPSA) is 0 Å². The molecule has 0 aliphatic rings. The van der Waals surface area contributed by atoms with E-state index in [-0.39, 0.29) is 14.9 Å². The van der Waals surface area contributed by atoms with Crippen molar-refractivity contribution >= 4 is 0 Å². The van der Waals surface area contributed by atoms with Crippen LogP contribution in [0.5, 0.6) is 0 Å². The van der Waals surface area contributed by atoms with E-state index in [4.69, 9.17) is 0 Å². The Balaban J connectivity index is -0.0000000150. The van der Waals surface area contributed by atoms with Gasteiger partial charge in [0.05, 0.1) is 0 Å². The molecule has 0 aromatic heterocycles. The fraction of sp³-hybridized carbons (Fsp3) is 1.00. The summed E-state index contributed by atoms with van der Waals surface area (Å²) < 4.78 is 0. The van der Waals surface area contributed by atoms with Gasteiger partial charge >= 0.3 is 0 Å². The second-order valence-electron chi connectivity index (χ2n) is 2.12. The van der Waals surface area contributed by atoms with Crippen molar-refractivity contribution in [1.82, 2.24) is 0 Å². The minimum absolute atomic E-state index is 0. The van der Waals surface area contributed by atoms with Gasteiger partial charge in [0.25, 0.3) is 0 Å². The van der Waals surface area contributed by atoms with Crippen LogP contribution >= 0.6 is 0 Å². The summed E-state index contributed by atoms with van der Waals surface area (Å²) in [5.74, 6) is 0. The average Bonchev–Trinajstić information content (AvgIpc) is 1.70. The van der Waals surface area contributed by atoms with Crippen LogP contribution in [0.15, 0.2) is 0 Å². The van der Waals surface area contributed by atoms with Gasteiger partial charge in [0.2, 0.25) is 0 Å². The van der Waals surface area contributed by atoms with E-state index in [0.717, 1.165) is 0 Å². The van der Waals surface area contributed by atoms with Crippen molar-refractivity contribution in [3.8, 4) is 0 Å². The van der Waals surface area contributed by atoms with Crippen molar-refractivity contribution in [3.63, 3.8) is 0 Å². The largest absolute Gasteiger partial charge is 0.0776 e. The molecule has 0 aliphatic heterocycles. The minimum atomic E-state index is 0. The lowest BCUT2D eigenvalue weighted by Gasteiger charge is -1.48. The highest BCUT2D eigenvalue weighted by Crippen LogP contribution is 1.56. The molecule has 11 heavy (non-hydrogen) atoms. The molecule has 0 unspecified atom stereocenters. The number of rotatable bonds is 0. The molecule has 0 rings (SSSR count). The zero-order valence-electron chi connectivity index (χ0n) is 8.12. The highest BCUT2D eigenvalue weighted by Gasteiger charge is 1.36. The Morgan fingerprint density at radius 1 is 0.455 bits per heavy atom. The first-order valence-electron chi connectivity index (χ1n) is 4.24. The quantitative estimate of drug-likeness (QED) is 0.442. The van der Waals surface area contributed by atoms with Crippen LogP contribution in [0, 0.1) is 0 Å². The molecule has 0 bridgehead atoms. The predicted molar refractivity (Wildman–Crippen MR) is 61.4 cm³/mol. The van der Waals surface area contributed by atoms with Crippen LogP contribution in [0.2, 0.25) is 0 Å². The van der Waals surface area contributed by atoms with Gasteiger partial charge in [0, 0.05) is 0 Å². The molecule has 0 fully saturated rings. The zero-order valence-corrected chi connectivity index (χ0v) is 8.12. The normalized spacial score (nSPS) is 4.91. The van der Waals surface area contributed by atoms with Crippen LogP contribution < -0.4 is 0 Å². The Kier molecular flexibility index (Phi) is 250. The van der Waals surface area contributed by atoms with Crippen LogP contribution in [0.1, 0.15) is 75.7 Å². The molecule has 0 saturated heterocycles. The summed E-state index contributed by atoms with van der Waals surface area (Å²) in [5, 5.41) is 0. The van der Waals surface area contributed by atoms with E-state index in [2.05, 4.69) is 41.5 Å². The second kappa shape index (κ2) is 90.0. The Morgan fingerprint density at radius 2 is 0.455 bits per heavy atom. The smallest absolute Gasteiger partial charge is 0.0590 e. The lowest BCUT2D eigenvalue weighted by Crippen LogP contribution is -1.27. The molecule has 76 valence electrons. The van der Waals surface area contributed by atoms with Gasteiger partial charge in [-0.1, -0.05) is 75.7 Å². The molecule has 0 atom stereocenters. The Labute approximate surface area is 76.4 Å². The molecule has 0 radical (unpaired) electrons. The molecule has 0 nitrogen and oxygen atoms in total. The number of hydrogen-bond acceptors (Lipinski definition) is 0. The first kappa shape index (κ1) is 30.6. The lowest BCUT2D eigenvalue weighted by molar-refractivity contribution is 1.09. The highest BCUT2D eigenvalue weighted by atomic mass is 13.4. The third kappa shape index (κ3) is 0. The van der Waals surface area contributed by atoms with Crippen molar-refractivity contribution in [2.75, 3.05) is 0 Å². The van der Waals surface area contributed by atoms with Gasteiger partial charge in [0.15, 0.2) is 0 Å². The summed E-state index contributed by atoms with van der Waals surface area (Å²) in [4.78, 5) is 0. The molecule has 0 aromatic rings. The van der Waals surface area contributed by atoms with E-state index in [1.165, 1.54) is 19.3 Å². The first-order valence-corrected chi connectivity index (χ1v) is 4.24. The van der Waals surface area contributed by atoms with Crippen molar-refractivity contribution < 1.29 is 0 Å². The van der Waals surface area contributed by atoms with Crippen molar-refractivity contribution in [3.05, 3.63) is 0 Å². The molecular weight excluding hydrogens is 132 g/mol. The van der Waals surface area contributed by atoms with E-state index in [1.807, 2.05) is 0 Å².